The highest BCUT2D eigenvalue weighted by molar-refractivity contribution is 7.89. The second-order valence-corrected chi connectivity index (χ2v) is 13.8. The lowest BCUT2D eigenvalue weighted by molar-refractivity contribution is 0.0598. The van der Waals surface area contributed by atoms with E-state index in [0.29, 0.717) is 24.5 Å². The van der Waals surface area contributed by atoms with Crippen molar-refractivity contribution in [2.75, 3.05) is 19.3 Å². The number of oxazole rings is 1. The molecule has 2 aromatic rings. The molecule has 208 valence electrons. The van der Waals surface area contributed by atoms with Crippen LogP contribution in [-0.4, -0.2) is 55.0 Å². The normalized spacial score (nSPS) is 24.9. The molecule has 1 heterocycles. The molecule has 39 heavy (non-hydrogen) atoms. The molecule has 2 bridgehead atoms. The Bertz CT molecular complexity index is 1490. The predicted molar refractivity (Wildman–Crippen MR) is 142 cm³/mol. The second-order valence-electron chi connectivity index (χ2n) is 11.7. The summed E-state index contributed by atoms with van der Waals surface area (Å²) in [7, 11) is -3.39. The minimum atomic E-state index is -3.39. The van der Waals surface area contributed by atoms with Gasteiger partial charge in [-0.05, 0) is 66.7 Å². The van der Waals surface area contributed by atoms with Gasteiger partial charge in [0.2, 0.25) is 5.89 Å². The van der Waals surface area contributed by atoms with Crippen molar-refractivity contribution >= 4 is 27.2 Å². The van der Waals surface area contributed by atoms with Crippen LogP contribution in [0.4, 0.5) is 8.78 Å². The number of fused-ring (bicyclic) bond motifs is 2. The third-order valence-electron chi connectivity index (χ3n) is 8.72. The summed E-state index contributed by atoms with van der Waals surface area (Å²) in [5.41, 5.74) is -1.02. The van der Waals surface area contributed by atoms with Gasteiger partial charge < -0.3 is 20.1 Å². The minimum absolute atomic E-state index is 0.0233. The van der Waals surface area contributed by atoms with Crippen molar-refractivity contribution in [1.82, 2.24) is 9.88 Å². The number of carbonyl (C=O) groups excluding carboxylic acids is 1. The molecule has 1 aromatic heterocycles. The van der Waals surface area contributed by atoms with Crippen LogP contribution in [0, 0.1) is 45.1 Å². The fraction of sp³-hybridized carbons (Fsp3) is 0.500. The summed E-state index contributed by atoms with van der Waals surface area (Å²) in [6.45, 7) is 4.83. The van der Waals surface area contributed by atoms with Crippen molar-refractivity contribution < 1.29 is 26.4 Å². The van der Waals surface area contributed by atoms with Gasteiger partial charge in [0.15, 0.2) is 15.5 Å². The quantitative estimate of drug-likeness (QED) is 0.427. The molecule has 0 spiro atoms. The average molecular weight is 559 g/mol. The van der Waals surface area contributed by atoms with Gasteiger partial charge in [0, 0.05) is 30.5 Å². The van der Waals surface area contributed by atoms with Crippen LogP contribution in [0.25, 0.3) is 0 Å². The smallest absolute Gasteiger partial charge is 0.275 e. The zero-order valence-corrected chi connectivity index (χ0v) is 23.0. The van der Waals surface area contributed by atoms with E-state index in [1.54, 1.807) is 4.90 Å². The molecule has 1 aromatic carbocycles. The van der Waals surface area contributed by atoms with E-state index >= 15 is 0 Å². The van der Waals surface area contributed by atoms with Gasteiger partial charge in [0.25, 0.3) is 5.91 Å². The number of allylic oxidation sites excluding steroid dienone is 2. The molecular formula is C28H32F2N4O4S. The molecule has 0 radical (unpaired) electrons. The molecular weight excluding hydrogens is 526 g/mol. The lowest BCUT2D eigenvalue weighted by atomic mass is 9.68. The van der Waals surface area contributed by atoms with Crippen LogP contribution >= 0.6 is 0 Å². The SMILES string of the molecule is CC1(C)[C@H]2CC[C@]1(CN(CC1CC1)C(=O)c1coc(CS(C)(=O)=O)n1)C(=N)/C2=C\C(=N)c1c(F)cccc1F. The van der Waals surface area contributed by atoms with Crippen molar-refractivity contribution in [2.45, 2.75) is 45.3 Å². The Kier molecular flexibility index (Phi) is 6.64. The first kappa shape index (κ1) is 27.4. The maximum absolute atomic E-state index is 14.4. The maximum Gasteiger partial charge on any atom is 0.275 e. The van der Waals surface area contributed by atoms with Crippen LogP contribution in [-0.2, 0) is 15.6 Å². The molecule has 3 fully saturated rings. The van der Waals surface area contributed by atoms with Gasteiger partial charge in [-0.2, -0.15) is 0 Å². The van der Waals surface area contributed by atoms with Gasteiger partial charge in [-0.15, -0.1) is 0 Å². The van der Waals surface area contributed by atoms with Crippen LogP contribution < -0.4 is 0 Å². The molecule has 2 atom stereocenters. The lowest BCUT2D eigenvalue weighted by Crippen LogP contribution is -2.49. The molecule has 1 amide bonds. The first-order valence-electron chi connectivity index (χ1n) is 13.0. The van der Waals surface area contributed by atoms with Crippen molar-refractivity contribution in [3.63, 3.8) is 0 Å². The highest BCUT2D eigenvalue weighted by Crippen LogP contribution is 2.66. The van der Waals surface area contributed by atoms with Gasteiger partial charge in [0.1, 0.15) is 23.7 Å². The number of sulfone groups is 1. The molecule has 3 saturated carbocycles. The second kappa shape index (κ2) is 9.46. The van der Waals surface area contributed by atoms with E-state index < -0.39 is 43.6 Å². The zero-order valence-electron chi connectivity index (χ0n) is 22.2. The van der Waals surface area contributed by atoms with E-state index in [-0.39, 0.29) is 41.4 Å². The Morgan fingerprint density at radius 1 is 1.23 bits per heavy atom. The van der Waals surface area contributed by atoms with E-state index in [9.17, 15) is 27.4 Å². The van der Waals surface area contributed by atoms with Crippen molar-refractivity contribution in [2.24, 2.45) is 22.7 Å². The fourth-order valence-electron chi connectivity index (χ4n) is 6.39. The number of rotatable bonds is 9. The molecule has 3 aliphatic rings. The number of nitrogens with zero attached hydrogens (tertiary/aromatic N) is 2. The Morgan fingerprint density at radius 2 is 1.90 bits per heavy atom. The zero-order chi connectivity index (χ0) is 28.3. The van der Waals surface area contributed by atoms with Crippen LogP contribution in [0.2, 0.25) is 0 Å². The Morgan fingerprint density at radius 3 is 2.51 bits per heavy atom. The van der Waals surface area contributed by atoms with Crippen molar-refractivity contribution in [1.29, 1.82) is 10.8 Å². The number of hydrogen-bond donors (Lipinski definition) is 2. The highest BCUT2D eigenvalue weighted by Gasteiger charge is 2.65. The number of halogens is 2. The van der Waals surface area contributed by atoms with Crippen molar-refractivity contribution in [3.05, 3.63) is 64.9 Å². The van der Waals surface area contributed by atoms with Gasteiger partial charge >= 0.3 is 0 Å². The Hall–Kier alpha value is -3.21. The summed E-state index contributed by atoms with van der Waals surface area (Å²) in [5, 5.41) is 17.7. The maximum atomic E-state index is 14.4. The van der Waals surface area contributed by atoms with Gasteiger partial charge in [-0.25, -0.2) is 22.2 Å². The van der Waals surface area contributed by atoms with Crippen LogP contribution in [0.3, 0.4) is 0 Å². The molecule has 0 aliphatic heterocycles. The van der Waals surface area contributed by atoms with E-state index in [4.69, 9.17) is 9.83 Å². The van der Waals surface area contributed by atoms with Gasteiger partial charge in [0.05, 0.1) is 11.3 Å². The average Bonchev–Trinajstić information content (AvgIpc) is 3.44. The summed E-state index contributed by atoms with van der Waals surface area (Å²) in [6, 6.07) is 3.46. The highest BCUT2D eigenvalue weighted by atomic mass is 32.2. The summed E-state index contributed by atoms with van der Waals surface area (Å²) >= 11 is 0. The number of amides is 1. The number of carbonyl (C=O) groups is 1. The largest absolute Gasteiger partial charge is 0.447 e. The number of hydrogen-bond acceptors (Lipinski definition) is 7. The summed E-state index contributed by atoms with van der Waals surface area (Å²) < 4.78 is 57.3. The number of nitrogens with one attached hydrogen (secondary N) is 2. The number of benzene rings is 1. The van der Waals surface area contributed by atoms with Gasteiger partial charge in [-0.3, -0.25) is 4.79 Å². The Balaban J connectivity index is 1.46. The van der Waals surface area contributed by atoms with E-state index in [2.05, 4.69) is 4.98 Å². The van der Waals surface area contributed by atoms with E-state index in [1.165, 1.54) is 18.4 Å². The third kappa shape index (κ3) is 4.85. The molecule has 0 unspecified atom stereocenters. The summed E-state index contributed by atoms with van der Waals surface area (Å²) in [6.07, 6.45) is 7.03. The number of aromatic nitrogens is 1. The first-order chi connectivity index (χ1) is 18.2. The standard InChI is InChI=1S/C28H32F2N4O4S/c1-27(2)18-9-10-28(27,25(32)17(18)11-21(31)24-19(29)5-4-6-20(24)30)15-34(12-16-7-8-16)26(35)22-13-38-23(33-22)14-39(3,36)37/h4-6,11,13,16,18,31-32H,7-10,12,14-15H2,1-3H3/b17-11-,31-21?,32-25?/t18-,28-/m0/s1. The third-order valence-corrected chi connectivity index (χ3v) is 9.49. The van der Waals surface area contributed by atoms with Gasteiger partial charge in [-0.1, -0.05) is 19.9 Å². The van der Waals surface area contributed by atoms with Crippen LogP contribution in [0.5, 0.6) is 0 Å². The molecule has 5 rings (SSSR count). The summed E-state index contributed by atoms with van der Waals surface area (Å²) in [5.74, 6) is -2.26. The van der Waals surface area contributed by atoms with Crippen molar-refractivity contribution in [3.8, 4) is 0 Å². The molecule has 11 heteroatoms. The topological polar surface area (TPSA) is 128 Å². The molecule has 2 N–H and O–H groups in total. The Labute approximate surface area is 226 Å². The summed E-state index contributed by atoms with van der Waals surface area (Å²) in [4.78, 5) is 19.5. The van der Waals surface area contributed by atoms with E-state index in [0.717, 1.165) is 37.7 Å². The predicted octanol–water partition coefficient (Wildman–Crippen LogP) is 4.80. The fourth-order valence-corrected chi connectivity index (χ4v) is 6.97. The van der Waals surface area contributed by atoms with Crippen LogP contribution in [0.15, 0.2) is 40.5 Å². The minimum Gasteiger partial charge on any atom is -0.447 e. The molecule has 3 aliphatic carbocycles. The van der Waals surface area contributed by atoms with E-state index in [1.807, 2.05) is 13.8 Å². The molecule has 8 nitrogen and oxygen atoms in total. The molecule has 0 saturated heterocycles. The lowest BCUT2D eigenvalue weighted by Gasteiger charge is -2.41. The van der Waals surface area contributed by atoms with Crippen LogP contribution in [0.1, 0.15) is 61.5 Å². The monoisotopic (exact) mass is 558 g/mol. The first-order valence-corrected chi connectivity index (χ1v) is 15.0.